The molecule has 2 amide bonds. The molecule has 0 N–H and O–H groups in total. The van der Waals surface area contributed by atoms with Crippen LogP contribution in [-0.4, -0.2) is 60.6 Å². The van der Waals surface area contributed by atoms with Gasteiger partial charge in [-0.3, -0.25) is 9.59 Å². The number of amides is 2. The zero-order valence-electron chi connectivity index (χ0n) is 20.3. The van der Waals surface area contributed by atoms with Crippen molar-refractivity contribution in [2.75, 3.05) is 32.8 Å². The highest BCUT2D eigenvalue weighted by Gasteiger charge is 2.35. The molecular weight excluding hydrogens is 515 g/mol. The third-order valence-corrected chi connectivity index (χ3v) is 8.05. The zero-order chi connectivity index (χ0) is 25.8. The molecule has 2 aliphatic rings. The Labute approximate surface area is 224 Å². The molecule has 0 spiro atoms. The Morgan fingerprint density at radius 2 is 1.97 bits per heavy atom. The van der Waals surface area contributed by atoms with Gasteiger partial charge in [0.15, 0.2) is 0 Å². The first-order valence-electron chi connectivity index (χ1n) is 12.4. The first kappa shape index (κ1) is 25.7. The summed E-state index contributed by atoms with van der Waals surface area (Å²) in [7, 11) is 0. The summed E-state index contributed by atoms with van der Waals surface area (Å²) in [6, 6.07) is 14.7. The van der Waals surface area contributed by atoms with E-state index in [0.29, 0.717) is 23.9 Å². The SMILES string of the molecule is O=C(c1ccccc1F)N(CC(=O)N1CCc2sccc2[C@@H]1COc1ccc(Cl)cc1)C[C@@H]1CCCO1. The number of hydrogen-bond donors (Lipinski definition) is 0. The van der Waals surface area contributed by atoms with E-state index < -0.39 is 11.7 Å². The summed E-state index contributed by atoms with van der Waals surface area (Å²) < 4.78 is 26.3. The van der Waals surface area contributed by atoms with Gasteiger partial charge in [0.25, 0.3) is 5.91 Å². The molecule has 194 valence electrons. The summed E-state index contributed by atoms with van der Waals surface area (Å²) in [5, 5.41) is 2.65. The maximum atomic E-state index is 14.5. The minimum atomic E-state index is -0.604. The number of benzene rings is 2. The Bertz CT molecular complexity index is 1240. The first-order valence-corrected chi connectivity index (χ1v) is 13.6. The van der Waals surface area contributed by atoms with Crippen LogP contribution >= 0.6 is 22.9 Å². The van der Waals surface area contributed by atoms with Gasteiger partial charge in [0, 0.05) is 29.6 Å². The molecule has 37 heavy (non-hydrogen) atoms. The van der Waals surface area contributed by atoms with E-state index in [1.165, 1.54) is 21.9 Å². The number of hydrogen-bond acceptors (Lipinski definition) is 5. The fourth-order valence-electron chi connectivity index (χ4n) is 4.89. The molecule has 3 aromatic rings. The summed E-state index contributed by atoms with van der Waals surface area (Å²) in [5.74, 6) is -0.658. The van der Waals surface area contributed by atoms with Gasteiger partial charge in [-0.05, 0) is 72.7 Å². The second-order valence-corrected chi connectivity index (χ2v) is 10.7. The number of halogens is 2. The minimum absolute atomic E-state index is 0.0466. The standard InChI is InChI=1S/C28H28ClFN2O4S/c29-19-7-9-20(10-8-19)36-18-25-23-12-15-37-26(23)11-13-32(25)27(33)17-31(16-21-4-3-14-35-21)28(34)22-5-1-2-6-24(22)30/h1-2,5-10,12,15,21,25H,3-4,11,13-14,16-18H2/t21-,25-/m0/s1. The van der Waals surface area contributed by atoms with Crippen molar-refractivity contribution in [3.63, 3.8) is 0 Å². The molecule has 1 aromatic heterocycles. The summed E-state index contributed by atoms with van der Waals surface area (Å²) in [4.78, 5) is 31.5. The lowest BCUT2D eigenvalue weighted by Crippen LogP contribution is -2.49. The molecule has 6 nitrogen and oxygen atoms in total. The summed E-state index contributed by atoms with van der Waals surface area (Å²) >= 11 is 7.67. The number of ether oxygens (including phenoxy) is 2. The van der Waals surface area contributed by atoms with Crippen molar-refractivity contribution in [3.8, 4) is 5.75 Å². The lowest BCUT2D eigenvalue weighted by molar-refractivity contribution is -0.135. The molecule has 0 aliphatic carbocycles. The van der Waals surface area contributed by atoms with Gasteiger partial charge in [-0.1, -0.05) is 23.7 Å². The maximum absolute atomic E-state index is 14.5. The average Bonchev–Trinajstić information content (AvgIpc) is 3.60. The number of carbonyl (C=O) groups excluding carboxylic acids is 2. The molecule has 1 saturated heterocycles. The zero-order valence-corrected chi connectivity index (χ0v) is 21.8. The fourth-order valence-corrected chi connectivity index (χ4v) is 5.95. The third-order valence-electron chi connectivity index (χ3n) is 6.80. The van der Waals surface area contributed by atoms with Crippen LogP contribution in [0.1, 0.15) is 39.7 Å². The predicted molar refractivity (Wildman–Crippen MR) is 141 cm³/mol. The number of carbonyl (C=O) groups is 2. The Balaban J connectivity index is 1.36. The van der Waals surface area contributed by atoms with Crippen molar-refractivity contribution >= 4 is 34.8 Å². The van der Waals surface area contributed by atoms with Crippen molar-refractivity contribution in [2.24, 2.45) is 0 Å². The molecule has 2 aromatic carbocycles. The lowest BCUT2D eigenvalue weighted by Gasteiger charge is -2.37. The Kier molecular flexibility index (Phi) is 8.08. The molecule has 1 fully saturated rings. The van der Waals surface area contributed by atoms with Crippen LogP contribution in [0.4, 0.5) is 4.39 Å². The van der Waals surface area contributed by atoms with E-state index in [9.17, 15) is 14.0 Å². The van der Waals surface area contributed by atoms with Crippen LogP contribution < -0.4 is 4.74 Å². The van der Waals surface area contributed by atoms with E-state index in [4.69, 9.17) is 21.1 Å². The molecule has 3 heterocycles. The van der Waals surface area contributed by atoms with Crippen molar-refractivity contribution in [2.45, 2.75) is 31.4 Å². The highest BCUT2D eigenvalue weighted by atomic mass is 35.5. The molecule has 9 heteroatoms. The Hall–Kier alpha value is -2.94. The molecule has 2 atom stereocenters. The van der Waals surface area contributed by atoms with Gasteiger partial charge in [-0.15, -0.1) is 11.3 Å². The highest BCUT2D eigenvalue weighted by Crippen LogP contribution is 2.34. The minimum Gasteiger partial charge on any atom is -0.491 e. The predicted octanol–water partition coefficient (Wildman–Crippen LogP) is 5.37. The van der Waals surface area contributed by atoms with E-state index >= 15 is 0 Å². The van der Waals surface area contributed by atoms with Crippen LogP contribution in [0.2, 0.25) is 5.02 Å². The van der Waals surface area contributed by atoms with Gasteiger partial charge in [0.1, 0.15) is 24.7 Å². The number of fused-ring (bicyclic) bond motifs is 1. The topological polar surface area (TPSA) is 59.1 Å². The van der Waals surface area contributed by atoms with Crippen molar-refractivity contribution in [3.05, 3.63) is 86.8 Å². The van der Waals surface area contributed by atoms with Crippen molar-refractivity contribution < 1.29 is 23.5 Å². The lowest BCUT2D eigenvalue weighted by atomic mass is 10.00. The van der Waals surface area contributed by atoms with Gasteiger partial charge >= 0.3 is 0 Å². The van der Waals surface area contributed by atoms with Gasteiger partial charge in [0.2, 0.25) is 5.91 Å². The highest BCUT2D eigenvalue weighted by molar-refractivity contribution is 7.10. The van der Waals surface area contributed by atoms with E-state index in [1.807, 2.05) is 11.4 Å². The van der Waals surface area contributed by atoms with Crippen LogP contribution in [0.25, 0.3) is 0 Å². The summed E-state index contributed by atoms with van der Waals surface area (Å²) in [6.07, 6.45) is 2.27. The summed E-state index contributed by atoms with van der Waals surface area (Å²) in [6.45, 7) is 1.48. The van der Waals surface area contributed by atoms with E-state index in [2.05, 4.69) is 0 Å². The normalized spacial score (nSPS) is 18.9. The molecule has 0 saturated carbocycles. The Morgan fingerprint density at radius 3 is 2.73 bits per heavy atom. The second-order valence-electron chi connectivity index (χ2n) is 9.22. The molecule has 0 bridgehead atoms. The van der Waals surface area contributed by atoms with Crippen LogP contribution in [0.5, 0.6) is 5.75 Å². The molecule has 2 aliphatic heterocycles. The largest absolute Gasteiger partial charge is 0.491 e. The van der Waals surface area contributed by atoms with E-state index in [1.54, 1.807) is 52.6 Å². The van der Waals surface area contributed by atoms with Crippen LogP contribution in [0.15, 0.2) is 60.0 Å². The number of thiophene rings is 1. The molecule has 5 rings (SSSR count). The van der Waals surface area contributed by atoms with Gasteiger partial charge in [-0.2, -0.15) is 0 Å². The van der Waals surface area contributed by atoms with Crippen LogP contribution in [0, 0.1) is 5.82 Å². The van der Waals surface area contributed by atoms with Crippen molar-refractivity contribution in [1.29, 1.82) is 0 Å². The molecule has 0 radical (unpaired) electrons. The summed E-state index contributed by atoms with van der Waals surface area (Å²) in [5.41, 5.74) is 1.01. The monoisotopic (exact) mass is 542 g/mol. The van der Waals surface area contributed by atoms with Gasteiger partial charge < -0.3 is 19.3 Å². The smallest absolute Gasteiger partial charge is 0.257 e. The third kappa shape index (κ3) is 5.98. The quantitative estimate of drug-likeness (QED) is 0.384. The second kappa shape index (κ2) is 11.6. The number of nitrogens with zero attached hydrogens (tertiary/aromatic N) is 2. The molecular formula is C28H28ClFN2O4S. The van der Waals surface area contributed by atoms with Gasteiger partial charge in [-0.25, -0.2) is 4.39 Å². The van der Waals surface area contributed by atoms with Crippen LogP contribution in [-0.2, 0) is 16.0 Å². The van der Waals surface area contributed by atoms with Crippen molar-refractivity contribution in [1.82, 2.24) is 9.80 Å². The van der Waals surface area contributed by atoms with E-state index in [0.717, 1.165) is 24.8 Å². The van der Waals surface area contributed by atoms with E-state index in [-0.39, 0.29) is 43.3 Å². The maximum Gasteiger partial charge on any atom is 0.257 e. The van der Waals surface area contributed by atoms with Crippen LogP contribution in [0.3, 0.4) is 0 Å². The van der Waals surface area contributed by atoms with Gasteiger partial charge in [0.05, 0.1) is 17.7 Å². The number of rotatable bonds is 8. The molecule has 0 unspecified atom stereocenters. The first-order chi connectivity index (χ1) is 18.0. The Morgan fingerprint density at radius 1 is 1.16 bits per heavy atom. The fraction of sp³-hybridized carbons (Fsp3) is 0.357. The average molecular weight is 543 g/mol.